The third kappa shape index (κ3) is 4.63. The van der Waals surface area contributed by atoms with E-state index in [0.717, 1.165) is 11.1 Å². The minimum absolute atomic E-state index is 0.121. The Bertz CT molecular complexity index is 604. The minimum atomic E-state index is 0.121. The molecule has 5 heteroatoms. The lowest BCUT2D eigenvalue weighted by Crippen LogP contribution is -2.17. The van der Waals surface area contributed by atoms with E-state index in [0.29, 0.717) is 36.2 Å². The first kappa shape index (κ1) is 16.6. The predicted octanol–water partition coefficient (Wildman–Crippen LogP) is 3.01. The highest BCUT2D eigenvalue weighted by atomic mass is 35.5. The van der Waals surface area contributed by atoms with Crippen molar-refractivity contribution in [2.24, 2.45) is 0 Å². The third-order valence-electron chi connectivity index (χ3n) is 3.19. The van der Waals surface area contributed by atoms with E-state index in [4.69, 9.17) is 26.2 Å². The van der Waals surface area contributed by atoms with Gasteiger partial charge < -0.3 is 19.9 Å². The molecule has 4 nitrogen and oxygen atoms in total. The first-order valence-corrected chi connectivity index (χ1v) is 7.47. The third-order valence-corrected chi connectivity index (χ3v) is 3.56. The van der Waals surface area contributed by atoms with Gasteiger partial charge in [0.1, 0.15) is 6.61 Å². The van der Waals surface area contributed by atoms with E-state index in [1.165, 1.54) is 0 Å². The van der Waals surface area contributed by atoms with Crippen molar-refractivity contribution >= 4 is 11.6 Å². The quantitative estimate of drug-likeness (QED) is 0.734. The summed E-state index contributed by atoms with van der Waals surface area (Å²) in [7, 11) is 1.61. The lowest BCUT2D eigenvalue weighted by Gasteiger charge is -2.13. The Labute approximate surface area is 135 Å². The largest absolute Gasteiger partial charge is 0.493 e. The molecule has 2 aromatic carbocycles. The number of benzene rings is 2. The Hall–Kier alpha value is -1.75. The Morgan fingerprint density at radius 1 is 1.14 bits per heavy atom. The topological polar surface area (TPSA) is 50.7 Å². The smallest absolute Gasteiger partial charge is 0.161 e. The number of hydrogen-bond donors (Lipinski definition) is 2. The Morgan fingerprint density at radius 3 is 2.68 bits per heavy atom. The van der Waals surface area contributed by atoms with Crippen LogP contribution in [-0.4, -0.2) is 25.4 Å². The molecule has 0 aliphatic heterocycles. The SMILES string of the molecule is COc1cc(CNCCO)ccc1OCc1ccccc1Cl. The number of halogens is 1. The number of nitrogens with one attached hydrogen (secondary N) is 1. The van der Waals surface area contributed by atoms with Crippen molar-refractivity contribution < 1.29 is 14.6 Å². The fourth-order valence-electron chi connectivity index (χ4n) is 2.02. The molecule has 0 amide bonds. The van der Waals surface area contributed by atoms with Gasteiger partial charge in [-0.25, -0.2) is 0 Å². The summed E-state index contributed by atoms with van der Waals surface area (Å²) < 4.78 is 11.2. The van der Waals surface area contributed by atoms with Gasteiger partial charge in [-0.1, -0.05) is 35.9 Å². The second-order valence-corrected chi connectivity index (χ2v) is 5.17. The fraction of sp³-hybridized carbons (Fsp3) is 0.294. The fourth-order valence-corrected chi connectivity index (χ4v) is 2.21. The van der Waals surface area contributed by atoms with Gasteiger partial charge in [-0.2, -0.15) is 0 Å². The molecular weight excluding hydrogens is 302 g/mol. The van der Waals surface area contributed by atoms with E-state index in [-0.39, 0.29) is 6.61 Å². The van der Waals surface area contributed by atoms with Gasteiger partial charge in [-0.3, -0.25) is 0 Å². The summed E-state index contributed by atoms with van der Waals surface area (Å²) in [5, 5.41) is 12.6. The van der Waals surface area contributed by atoms with Crippen molar-refractivity contribution in [1.29, 1.82) is 0 Å². The number of aliphatic hydroxyl groups is 1. The van der Waals surface area contributed by atoms with E-state index in [2.05, 4.69) is 5.32 Å². The maximum Gasteiger partial charge on any atom is 0.161 e. The van der Waals surface area contributed by atoms with E-state index in [1.54, 1.807) is 7.11 Å². The summed E-state index contributed by atoms with van der Waals surface area (Å²) in [6.45, 7) is 1.74. The minimum Gasteiger partial charge on any atom is -0.493 e. The molecule has 0 fully saturated rings. The first-order valence-electron chi connectivity index (χ1n) is 7.09. The van der Waals surface area contributed by atoms with Crippen molar-refractivity contribution in [3.8, 4) is 11.5 Å². The van der Waals surface area contributed by atoms with Crippen LogP contribution in [0.2, 0.25) is 5.02 Å². The molecule has 2 N–H and O–H groups in total. The zero-order valence-corrected chi connectivity index (χ0v) is 13.3. The molecule has 0 bridgehead atoms. The standard InChI is InChI=1S/C17H20ClNO3/c1-21-17-10-13(11-19-8-9-20)6-7-16(17)22-12-14-4-2-3-5-15(14)18/h2-7,10,19-20H,8-9,11-12H2,1H3. The molecule has 22 heavy (non-hydrogen) atoms. The van der Waals surface area contributed by atoms with Crippen LogP contribution in [0, 0.1) is 0 Å². The van der Waals surface area contributed by atoms with Gasteiger partial charge in [-0.05, 0) is 23.8 Å². The van der Waals surface area contributed by atoms with Gasteiger partial charge in [-0.15, -0.1) is 0 Å². The van der Waals surface area contributed by atoms with Gasteiger partial charge >= 0.3 is 0 Å². The van der Waals surface area contributed by atoms with Gasteiger partial charge in [0.05, 0.1) is 13.7 Å². The van der Waals surface area contributed by atoms with Crippen molar-refractivity contribution in [3.05, 3.63) is 58.6 Å². The van der Waals surface area contributed by atoms with Crippen LogP contribution in [0.5, 0.6) is 11.5 Å². The van der Waals surface area contributed by atoms with Crippen LogP contribution < -0.4 is 14.8 Å². The molecule has 0 aliphatic carbocycles. The molecule has 2 rings (SSSR count). The van der Waals surface area contributed by atoms with Gasteiger partial charge in [0, 0.05) is 23.7 Å². The summed E-state index contributed by atoms with van der Waals surface area (Å²) >= 11 is 6.12. The summed E-state index contributed by atoms with van der Waals surface area (Å²) in [6, 6.07) is 13.4. The number of methoxy groups -OCH3 is 1. The Balaban J connectivity index is 2.03. The zero-order chi connectivity index (χ0) is 15.8. The number of aliphatic hydroxyl groups excluding tert-OH is 1. The van der Waals surface area contributed by atoms with Gasteiger partial charge in [0.25, 0.3) is 0 Å². The normalized spacial score (nSPS) is 10.5. The molecule has 118 valence electrons. The summed E-state index contributed by atoms with van der Waals surface area (Å²) in [6.07, 6.45) is 0. The Morgan fingerprint density at radius 2 is 1.95 bits per heavy atom. The highest BCUT2D eigenvalue weighted by Gasteiger charge is 2.07. The van der Waals surface area contributed by atoms with Crippen LogP contribution in [0.1, 0.15) is 11.1 Å². The molecular formula is C17H20ClNO3. The molecule has 0 heterocycles. The van der Waals surface area contributed by atoms with Crippen LogP contribution >= 0.6 is 11.6 Å². The molecule has 0 spiro atoms. The second kappa shape index (κ2) is 8.63. The average Bonchev–Trinajstić information content (AvgIpc) is 2.55. The highest BCUT2D eigenvalue weighted by Crippen LogP contribution is 2.29. The summed E-state index contributed by atoms with van der Waals surface area (Å²) in [5.41, 5.74) is 2.00. The molecule has 0 atom stereocenters. The monoisotopic (exact) mass is 321 g/mol. The zero-order valence-electron chi connectivity index (χ0n) is 12.5. The Kier molecular flexibility index (Phi) is 6.52. The van der Waals surface area contributed by atoms with Gasteiger partial charge in [0.15, 0.2) is 11.5 Å². The lowest BCUT2D eigenvalue weighted by atomic mass is 10.2. The molecule has 0 unspecified atom stereocenters. The molecule has 0 radical (unpaired) electrons. The van der Waals surface area contributed by atoms with Crippen molar-refractivity contribution in [3.63, 3.8) is 0 Å². The molecule has 2 aromatic rings. The molecule has 0 saturated heterocycles. The van der Waals surface area contributed by atoms with Crippen LogP contribution in [-0.2, 0) is 13.2 Å². The second-order valence-electron chi connectivity index (χ2n) is 4.77. The molecule has 0 aromatic heterocycles. The highest BCUT2D eigenvalue weighted by molar-refractivity contribution is 6.31. The summed E-state index contributed by atoms with van der Waals surface area (Å²) in [4.78, 5) is 0. The molecule has 0 aliphatic rings. The number of ether oxygens (including phenoxy) is 2. The molecule has 0 saturated carbocycles. The van der Waals surface area contributed by atoms with Crippen molar-refractivity contribution in [2.75, 3.05) is 20.3 Å². The lowest BCUT2D eigenvalue weighted by molar-refractivity contribution is 0.284. The van der Waals surface area contributed by atoms with Crippen LogP contribution in [0.15, 0.2) is 42.5 Å². The average molecular weight is 322 g/mol. The maximum absolute atomic E-state index is 8.77. The van der Waals surface area contributed by atoms with Crippen LogP contribution in [0.25, 0.3) is 0 Å². The van der Waals surface area contributed by atoms with E-state index in [1.807, 2.05) is 42.5 Å². The predicted molar refractivity (Wildman–Crippen MR) is 87.6 cm³/mol. The first-order chi connectivity index (χ1) is 10.7. The number of rotatable bonds is 8. The maximum atomic E-state index is 8.77. The number of hydrogen-bond acceptors (Lipinski definition) is 4. The van der Waals surface area contributed by atoms with Crippen molar-refractivity contribution in [1.82, 2.24) is 5.32 Å². The van der Waals surface area contributed by atoms with E-state index < -0.39 is 0 Å². The van der Waals surface area contributed by atoms with E-state index >= 15 is 0 Å². The van der Waals surface area contributed by atoms with Crippen LogP contribution in [0.4, 0.5) is 0 Å². The van der Waals surface area contributed by atoms with Gasteiger partial charge in [0.2, 0.25) is 0 Å². The summed E-state index contributed by atoms with van der Waals surface area (Å²) in [5.74, 6) is 1.35. The van der Waals surface area contributed by atoms with Crippen molar-refractivity contribution in [2.45, 2.75) is 13.2 Å². The van der Waals surface area contributed by atoms with Crippen LogP contribution in [0.3, 0.4) is 0 Å². The van der Waals surface area contributed by atoms with E-state index in [9.17, 15) is 0 Å².